The lowest BCUT2D eigenvalue weighted by atomic mass is 10.1. The number of anilines is 1. The molecular formula is C30H35ClFN3O5S. The Labute approximate surface area is 246 Å². The highest BCUT2D eigenvalue weighted by atomic mass is 35.5. The molecule has 0 fully saturated rings. The summed E-state index contributed by atoms with van der Waals surface area (Å²) in [7, 11) is -4.29. The van der Waals surface area contributed by atoms with Crippen LogP contribution >= 0.6 is 11.6 Å². The highest BCUT2D eigenvalue weighted by molar-refractivity contribution is 7.92. The van der Waals surface area contributed by atoms with Gasteiger partial charge in [-0.25, -0.2) is 12.8 Å². The van der Waals surface area contributed by atoms with E-state index >= 15 is 0 Å². The number of carbonyl (C=O) groups excluding carboxylic acids is 2. The van der Waals surface area contributed by atoms with Crippen LogP contribution in [0.15, 0.2) is 77.7 Å². The zero-order chi connectivity index (χ0) is 30.2. The quantitative estimate of drug-likeness (QED) is 0.282. The van der Waals surface area contributed by atoms with Crippen molar-refractivity contribution in [3.8, 4) is 5.75 Å². The smallest absolute Gasteiger partial charge is 0.264 e. The van der Waals surface area contributed by atoms with Crippen molar-refractivity contribution in [1.82, 2.24) is 10.2 Å². The average molecular weight is 604 g/mol. The average Bonchev–Trinajstić information content (AvgIpc) is 2.95. The van der Waals surface area contributed by atoms with E-state index in [1.165, 1.54) is 41.3 Å². The van der Waals surface area contributed by atoms with Crippen molar-refractivity contribution in [1.29, 1.82) is 0 Å². The van der Waals surface area contributed by atoms with Crippen LogP contribution in [0.4, 0.5) is 10.1 Å². The first kappa shape index (κ1) is 31.9. The van der Waals surface area contributed by atoms with Gasteiger partial charge in [-0.3, -0.25) is 13.9 Å². The summed E-state index contributed by atoms with van der Waals surface area (Å²) in [5.74, 6) is -1.07. The summed E-state index contributed by atoms with van der Waals surface area (Å²) < 4.78 is 47.8. The summed E-state index contributed by atoms with van der Waals surface area (Å²) in [4.78, 5) is 28.2. The zero-order valence-electron chi connectivity index (χ0n) is 23.5. The molecule has 2 atom stereocenters. The third-order valence-corrected chi connectivity index (χ3v) is 8.55. The third kappa shape index (κ3) is 8.43. The second kappa shape index (κ2) is 14.3. The molecule has 0 bridgehead atoms. The van der Waals surface area contributed by atoms with Crippen LogP contribution in [-0.4, -0.2) is 50.4 Å². The maximum Gasteiger partial charge on any atom is 0.264 e. The molecule has 3 aromatic rings. The standard InChI is InChI=1S/C30H35ClFN3O5S/c1-5-21(3)33-30(37)22(4)34(19-23-8-7-9-24(31)18-23)29(36)20-35(26-12-10-25(32)11-13-26)41(38,39)28-16-14-27(15-17-28)40-6-2/h7-18,21-22H,5-6,19-20H2,1-4H3,(H,33,37)/t21-,22+/m1/s1. The van der Waals surface area contributed by atoms with E-state index in [4.69, 9.17) is 16.3 Å². The van der Waals surface area contributed by atoms with Gasteiger partial charge in [0, 0.05) is 17.6 Å². The van der Waals surface area contributed by atoms with Gasteiger partial charge in [-0.1, -0.05) is 30.7 Å². The van der Waals surface area contributed by atoms with Gasteiger partial charge in [-0.15, -0.1) is 0 Å². The number of halogens is 2. The highest BCUT2D eigenvalue weighted by Gasteiger charge is 2.33. The molecule has 8 nitrogen and oxygen atoms in total. The van der Waals surface area contributed by atoms with Crippen LogP contribution in [0.3, 0.4) is 0 Å². The lowest BCUT2D eigenvalue weighted by Crippen LogP contribution is -2.52. The lowest BCUT2D eigenvalue weighted by molar-refractivity contribution is -0.139. The lowest BCUT2D eigenvalue weighted by Gasteiger charge is -2.32. The van der Waals surface area contributed by atoms with E-state index in [0.717, 1.165) is 16.4 Å². The van der Waals surface area contributed by atoms with Gasteiger partial charge in [0.25, 0.3) is 10.0 Å². The third-order valence-electron chi connectivity index (χ3n) is 6.53. The predicted octanol–water partition coefficient (Wildman–Crippen LogP) is 5.41. The van der Waals surface area contributed by atoms with Crippen molar-refractivity contribution < 1.29 is 27.1 Å². The van der Waals surface area contributed by atoms with E-state index in [1.807, 2.05) is 20.8 Å². The largest absolute Gasteiger partial charge is 0.494 e. The van der Waals surface area contributed by atoms with Gasteiger partial charge in [0.05, 0.1) is 17.2 Å². The Kier molecular flexibility index (Phi) is 11.1. The molecule has 41 heavy (non-hydrogen) atoms. The molecule has 0 spiro atoms. The number of hydrogen-bond acceptors (Lipinski definition) is 5. The molecule has 3 rings (SSSR count). The monoisotopic (exact) mass is 603 g/mol. The van der Waals surface area contributed by atoms with Crippen LogP contribution in [0, 0.1) is 5.82 Å². The molecule has 0 heterocycles. The highest BCUT2D eigenvalue weighted by Crippen LogP contribution is 2.26. The number of ether oxygens (including phenoxy) is 1. The first-order valence-corrected chi connectivity index (χ1v) is 15.1. The number of hydrogen-bond donors (Lipinski definition) is 1. The van der Waals surface area contributed by atoms with Crippen molar-refractivity contribution in [2.24, 2.45) is 0 Å². The van der Waals surface area contributed by atoms with Crippen LogP contribution in [0.5, 0.6) is 5.75 Å². The van der Waals surface area contributed by atoms with Crippen molar-refractivity contribution in [3.63, 3.8) is 0 Å². The van der Waals surface area contributed by atoms with Gasteiger partial charge in [0.1, 0.15) is 24.2 Å². The normalized spacial score (nSPS) is 12.7. The molecular weight excluding hydrogens is 569 g/mol. The minimum Gasteiger partial charge on any atom is -0.494 e. The Balaban J connectivity index is 2.01. The molecule has 0 unspecified atom stereocenters. The summed E-state index contributed by atoms with van der Waals surface area (Å²) in [5.41, 5.74) is 0.754. The van der Waals surface area contributed by atoms with Crippen molar-refractivity contribution in [3.05, 3.63) is 89.2 Å². The van der Waals surface area contributed by atoms with Gasteiger partial charge >= 0.3 is 0 Å². The van der Waals surface area contributed by atoms with E-state index in [2.05, 4.69) is 5.32 Å². The molecule has 3 aromatic carbocycles. The number of carbonyl (C=O) groups is 2. The van der Waals surface area contributed by atoms with Crippen LogP contribution < -0.4 is 14.4 Å². The van der Waals surface area contributed by atoms with Gasteiger partial charge in [0.2, 0.25) is 11.8 Å². The summed E-state index contributed by atoms with van der Waals surface area (Å²) in [6, 6.07) is 16.4. The molecule has 0 saturated heterocycles. The number of nitrogens with zero attached hydrogens (tertiary/aromatic N) is 2. The Morgan fingerprint density at radius 1 is 1.00 bits per heavy atom. The molecule has 0 radical (unpaired) electrons. The maximum atomic E-state index is 13.9. The van der Waals surface area contributed by atoms with Crippen molar-refractivity contribution in [2.75, 3.05) is 17.5 Å². The minimum atomic E-state index is -4.29. The fourth-order valence-corrected chi connectivity index (χ4v) is 5.65. The van der Waals surface area contributed by atoms with Gasteiger partial charge in [-0.2, -0.15) is 0 Å². The molecule has 2 amide bonds. The van der Waals surface area contributed by atoms with Gasteiger partial charge in [0.15, 0.2) is 0 Å². The number of nitrogens with one attached hydrogen (secondary N) is 1. The molecule has 0 saturated carbocycles. The maximum absolute atomic E-state index is 13.9. The van der Waals surface area contributed by atoms with Crippen molar-refractivity contribution in [2.45, 2.75) is 57.6 Å². The summed E-state index contributed by atoms with van der Waals surface area (Å²) in [5, 5.41) is 3.34. The topological polar surface area (TPSA) is 96.0 Å². The summed E-state index contributed by atoms with van der Waals surface area (Å²) >= 11 is 6.16. The Hall–Kier alpha value is -3.63. The fraction of sp³-hybridized carbons (Fsp3) is 0.333. The Bertz CT molecular complexity index is 1440. The van der Waals surface area contributed by atoms with Gasteiger partial charge < -0.3 is 15.0 Å². The predicted molar refractivity (Wildman–Crippen MR) is 158 cm³/mol. The molecule has 11 heteroatoms. The number of rotatable bonds is 13. The first-order valence-electron chi connectivity index (χ1n) is 13.3. The molecule has 0 aromatic heterocycles. The van der Waals surface area contributed by atoms with E-state index in [1.54, 1.807) is 31.2 Å². The van der Waals surface area contributed by atoms with E-state index < -0.39 is 34.3 Å². The zero-order valence-corrected chi connectivity index (χ0v) is 25.1. The fourth-order valence-electron chi connectivity index (χ4n) is 4.02. The van der Waals surface area contributed by atoms with Crippen LogP contribution in [0.25, 0.3) is 0 Å². The van der Waals surface area contributed by atoms with Crippen molar-refractivity contribution >= 4 is 39.1 Å². The molecule has 0 aliphatic carbocycles. The number of sulfonamides is 1. The summed E-state index contributed by atoms with van der Waals surface area (Å²) in [6.07, 6.45) is 0.694. The Morgan fingerprint density at radius 3 is 2.24 bits per heavy atom. The van der Waals surface area contributed by atoms with E-state index in [-0.39, 0.29) is 29.1 Å². The second-order valence-corrected chi connectivity index (χ2v) is 11.8. The minimum absolute atomic E-state index is 0.00877. The second-order valence-electron chi connectivity index (χ2n) is 9.54. The first-order chi connectivity index (χ1) is 19.5. The van der Waals surface area contributed by atoms with Crippen LogP contribution in [0.2, 0.25) is 5.02 Å². The summed E-state index contributed by atoms with van der Waals surface area (Å²) in [6.45, 7) is 6.96. The number of amides is 2. The van der Waals surface area contributed by atoms with Crippen LogP contribution in [0.1, 0.15) is 39.7 Å². The molecule has 0 aliphatic heterocycles. The Morgan fingerprint density at radius 2 is 1.66 bits per heavy atom. The molecule has 1 N–H and O–H groups in total. The van der Waals surface area contributed by atoms with Crippen LogP contribution in [-0.2, 0) is 26.2 Å². The molecule has 0 aliphatic rings. The van der Waals surface area contributed by atoms with E-state index in [9.17, 15) is 22.4 Å². The SMILES string of the molecule is CCOc1ccc(S(=O)(=O)N(CC(=O)N(Cc2cccc(Cl)c2)[C@@H](C)C(=O)N[C@H](C)CC)c2ccc(F)cc2)cc1. The van der Waals surface area contributed by atoms with Gasteiger partial charge in [-0.05, 0) is 93.4 Å². The number of benzene rings is 3. The molecule has 220 valence electrons. The van der Waals surface area contributed by atoms with E-state index in [0.29, 0.717) is 29.4 Å².